The molecule has 0 unspecified atom stereocenters. The lowest BCUT2D eigenvalue weighted by molar-refractivity contribution is 0.471. The summed E-state index contributed by atoms with van der Waals surface area (Å²) in [5.41, 5.74) is 0.386. The van der Waals surface area contributed by atoms with Crippen molar-refractivity contribution in [2.45, 2.75) is 38.0 Å². The van der Waals surface area contributed by atoms with Gasteiger partial charge in [0, 0.05) is 23.4 Å². The Labute approximate surface area is 112 Å². The highest BCUT2D eigenvalue weighted by atomic mass is 32.2. The van der Waals surface area contributed by atoms with Crippen molar-refractivity contribution in [3.63, 3.8) is 0 Å². The predicted molar refractivity (Wildman–Crippen MR) is 74.9 cm³/mol. The number of thioether (sulfide) groups is 1. The summed E-state index contributed by atoms with van der Waals surface area (Å²) in [6, 6.07) is 4.30. The highest BCUT2D eigenvalue weighted by molar-refractivity contribution is 8.00. The van der Waals surface area contributed by atoms with Gasteiger partial charge in [-0.15, -0.1) is 0 Å². The summed E-state index contributed by atoms with van der Waals surface area (Å²) >= 11 is 1.83. The normalized spacial score (nSPS) is 11.8. The van der Waals surface area contributed by atoms with Crippen molar-refractivity contribution in [3.05, 3.63) is 35.4 Å². The van der Waals surface area contributed by atoms with E-state index in [4.69, 9.17) is 0 Å². The molecule has 0 amide bonds. The Morgan fingerprint density at radius 3 is 2.44 bits per heavy atom. The number of benzene rings is 1. The molecule has 18 heavy (non-hydrogen) atoms. The number of rotatable bonds is 7. The average Bonchev–Trinajstić information content (AvgIpc) is 2.40. The molecular weight excluding hydrogens is 252 g/mol. The van der Waals surface area contributed by atoms with Gasteiger partial charge in [-0.25, -0.2) is 8.78 Å². The lowest BCUT2D eigenvalue weighted by Crippen LogP contribution is -2.36. The average molecular weight is 273 g/mol. The molecule has 0 aliphatic rings. The molecule has 0 radical (unpaired) electrons. The molecule has 0 aromatic heterocycles. The highest BCUT2D eigenvalue weighted by Crippen LogP contribution is 2.29. The van der Waals surface area contributed by atoms with E-state index in [9.17, 15) is 8.78 Å². The van der Waals surface area contributed by atoms with Crippen LogP contribution >= 0.6 is 11.8 Å². The maximum Gasteiger partial charge on any atom is 0.163 e. The van der Waals surface area contributed by atoms with E-state index in [1.54, 1.807) is 6.07 Å². The van der Waals surface area contributed by atoms with Crippen molar-refractivity contribution in [3.8, 4) is 0 Å². The van der Waals surface area contributed by atoms with Gasteiger partial charge in [0.1, 0.15) is 0 Å². The van der Waals surface area contributed by atoms with Gasteiger partial charge in [-0.2, -0.15) is 11.8 Å². The molecule has 0 aliphatic heterocycles. The molecule has 0 saturated carbocycles. The van der Waals surface area contributed by atoms with E-state index >= 15 is 0 Å². The fourth-order valence-electron chi connectivity index (χ4n) is 1.97. The molecule has 0 saturated heterocycles. The molecule has 1 aromatic rings. The Bertz CT molecular complexity index is 370. The SMILES string of the molecule is CCC(CC)(CNCc1cccc(F)c1F)SC. The summed E-state index contributed by atoms with van der Waals surface area (Å²) in [5, 5.41) is 3.24. The molecular formula is C14H21F2NS. The van der Waals surface area contributed by atoms with Crippen LogP contribution in [0.4, 0.5) is 8.78 Å². The van der Waals surface area contributed by atoms with Crippen LogP contribution in [0, 0.1) is 11.6 Å². The van der Waals surface area contributed by atoms with Gasteiger partial charge >= 0.3 is 0 Å². The standard InChI is InChI=1S/C14H21F2NS/c1-4-14(5-2,18-3)10-17-9-11-7-6-8-12(15)13(11)16/h6-8,17H,4-5,9-10H2,1-3H3. The summed E-state index contributed by atoms with van der Waals surface area (Å²) in [7, 11) is 0. The van der Waals surface area contributed by atoms with E-state index in [2.05, 4.69) is 25.4 Å². The van der Waals surface area contributed by atoms with Gasteiger partial charge in [-0.1, -0.05) is 26.0 Å². The van der Waals surface area contributed by atoms with Crippen LogP contribution in [-0.2, 0) is 6.54 Å². The summed E-state index contributed by atoms with van der Waals surface area (Å²) in [6.45, 7) is 5.48. The molecule has 4 heteroatoms. The number of hydrogen-bond donors (Lipinski definition) is 1. The van der Waals surface area contributed by atoms with Crippen LogP contribution in [-0.4, -0.2) is 17.5 Å². The van der Waals surface area contributed by atoms with Crippen molar-refractivity contribution in [1.29, 1.82) is 0 Å². The van der Waals surface area contributed by atoms with E-state index in [0.717, 1.165) is 25.5 Å². The van der Waals surface area contributed by atoms with Gasteiger partial charge < -0.3 is 5.32 Å². The zero-order valence-corrected chi connectivity index (χ0v) is 12.0. The third-order valence-corrected chi connectivity index (χ3v) is 5.10. The van der Waals surface area contributed by atoms with Gasteiger partial charge in [0.15, 0.2) is 11.6 Å². The Kier molecular flexibility index (Phi) is 6.09. The Balaban J connectivity index is 2.58. The Morgan fingerprint density at radius 2 is 1.89 bits per heavy atom. The first kappa shape index (κ1) is 15.4. The minimum Gasteiger partial charge on any atom is -0.311 e. The van der Waals surface area contributed by atoms with Crippen LogP contribution in [0.2, 0.25) is 0 Å². The number of halogens is 2. The first-order valence-electron chi connectivity index (χ1n) is 6.27. The molecule has 0 heterocycles. The van der Waals surface area contributed by atoms with Crippen LogP contribution in [0.1, 0.15) is 32.3 Å². The van der Waals surface area contributed by atoms with Crippen LogP contribution < -0.4 is 5.32 Å². The summed E-state index contributed by atoms with van der Waals surface area (Å²) in [4.78, 5) is 0. The van der Waals surface area contributed by atoms with Gasteiger partial charge in [-0.3, -0.25) is 0 Å². The Morgan fingerprint density at radius 1 is 1.22 bits per heavy atom. The monoisotopic (exact) mass is 273 g/mol. The van der Waals surface area contributed by atoms with E-state index in [1.165, 1.54) is 6.07 Å². The molecule has 0 fully saturated rings. The summed E-state index contributed by atoms with van der Waals surface area (Å²) < 4.78 is 26.7. The molecule has 0 spiro atoms. The van der Waals surface area contributed by atoms with E-state index < -0.39 is 11.6 Å². The van der Waals surface area contributed by atoms with E-state index in [1.807, 2.05) is 11.8 Å². The lowest BCUT2D eigenvalue weighted by Gasteiger charge is -2.30. The van der Waals surface area contributed by atoms with E-state index in [-0.39, 0.29) is 4.75 Å². The van der Waals surface area contributed by atoms with Gasteiger partial charge in [0.25, 0.3) is 0 Å². The molecule has 102 valence electrons. The van der Waals surface area contributed by atoms with Crippen LogP contribution in [0.15, 0.2) is 18.2 Å². The van der Waals surface area contributed by atoms with Crippen molar-refractivity contribution < 1.29 is 8.78 Å². The van der Waals surface area contributed by atoms with E-state index in [0.29, 0.717) is 12.1 Å². The summed E-state index contributed by atoms with van der Waals surface area (Å²) in [5.74, 6) is -1.52. The van der Waals surface area contributed by atoms with Crippen molar-refractivity contribution in [2.24, 2.45) is 0 Å². The highest BCUT2D eigenvalue weighted by Gasteiger charge is 2.24. The molecule has 0 atom stereocenters. The van der Waals surface area contributed by atoms with Crippen molar-refractivity contribution in [1.82, 2.24) is 5.32 Å². The van der Waals surface area contributed by atoms with Crippen LogP contribution in [0.3, 0.4) is 0 Å². The molecule has 0 aliphatic carbocycles. The second kappa shape index (κ2) is 7.10. The third kappa shape index (κ3) is 3.69. The third-order valence-electron chi connectivity index (χ3n) is 3.52. The minimum absolute atomic E-state index is 0.184. The van der Waals surface area contributed by atoms with Crippen LogP contribution in [0.25, 0.3) is 0 Å². The van der Waals surface area contributed by atoms with Crippen molar-refractivity contribution in [2.75, 3.05) is 12.8 Å². The van der Waals surface area contributed by atoms with Gasteiger partial charge in [-0.05, 0) is 25.2 Å². The second-order valence-corrected chi connectivity index (χ2v) is 5.69. The van der Waals surface area contributed by atoms with Crippen LogP contribution in [0.5, 0.6) is 0 Å². The number of hydrogen-bond acceptors (Lipinski definition) is 2. The van der Waals surface area contributed by atoms with Crippen molar-refractivity contribution >= 4 is 11.8 Å². The first-order valence-corrected chi connectivity index (χ1v) is 7.49. The second-order valence-electron chi connectivity index (χ2n) is 4.41. The lowest BCUT2D eigenvalue weighted by atomic mass is 10.0. The maximum atomic E-state index is 13.4. The molecule has 1 aromatic carbocycles. The predicted octanol–water partition coefficient (Wildman–Crippen LogP) is 3.98. The summed E-state index contributed by atoms with van der Waals surface area (Å²) in [6.07, 6.45) is 4.21. The zero-order valence-electron chi connectivity index (χ0n) is 11.2. The zero-order chi connectivity index (χ0) is 13.6. The molecule has 1 N–H and O–H groups in total. The quantitative estimate of drug-likeness (QED) is 0.806. The maximum absolute atomic E-state index is 13.4. The molecule has 1 nitrogen and oxygen atoms in total. The Hall–Kier alpha value is -0.610. The van der Waals surface area contributed by atoms with Gasteiger partial charge in [0.05, 0.1) is 0 Å². The first-order chi connectivity index (χ1) is 8.58. The largest absolute Gasteiger partial charge is 0.311 e. The molecule has 1 rings (SSSR count). The number of nitrogens with one attached hydrogen (secondary N) is 1. The fraction of sp³-hybridized carbons (Fsp3) is 0.571. The van der Waals surface area contributed by atoms with Gasteiger partial charge in [0.2, 0.25) is 0 Å². The molecule has 0 bridgehead atoms. The topological polar surface area (TPSA) is 12.0 Å². The smallest absolute Gasteiger partial charge is 0.163 e. The minimum atomic E-state index is -0.781. The fourth-order valence-corrected chi connectivity index (χ4v) is 2.79.